The predicted octanol–water partition coefficient (Wildman–Crippen LogP) is 4.49. The van der Waals surface area contributed by atoms with E-state index >= 15 is 0 Å². The van der Waals surface area contributed by atoms with Gasteiger partial charge in [-0.15, -0.1) is 0 Å². The number of carbonyl (C=O) groups excluding carboxylic acids is 1. The number of nitrogens with one attached hydrogen (secondary N) is 1. The fourth-order valence-electron chi connectivity index (χ4n) is 3.30. The first-order valence-corrected chi connectivity index (χ1v) is 10.4. The highest BCUT2D eigenvalue weighted by molar-refractivity contribution is 6.32. The fourth-order valence-corrected chi connectivity index (χ4v) is 3.55. The van der Waals surface area contributed by atoms with E-state index in [9.17, 15) is 9.18 Å². The Morgan fingerprint density at radius 2 is 2.03 bits per heavy atom. The maximum atomic E-state index is 14.0. The van der Waals surface area contributed by atoms with E-state index in [4.69, 9.17) is 16.9 Å². The molecule has 1 unspecified atom stereocenters. The molecule has 1 amide bonds. The van der Waals surface area contributed by atoms with E-state index in [1.807, 2.05) is 25.1 Å². The zero-order valence-corrected chi connectivity index (χ0v) is 18.3. The molecular formula is C24H18ClFN6O. The van der Waals surface area contributed by atoms with Crippen LogP contribution < -0.4 is 5.32 Å². The summed E-state index contributed by atoms with van der Waals surface area (Å²) in [6.45, 7) is 2.24. The molecule has 4 aromatic rings. The van der Waals surface area contributed by atoms with E-state index in [0.717, 1.165) is 11.1 Å². The SMILES string of the molecule is CC(Cn1ccc(-c2cc(F)c(C#N)c(Cl)c2)n1)NC(=O)c1ccc(-c2cccnc2)cn1. The van der Waals surface area contributed by atoms with Gasteiger partial charge in [0.25, 0.3) is 5.91 Å². The number of benzene rings is 1. The smallest absolute Gasteiger partial charge is 0.270 e. The number of hydrogen-bond acceptors (Lipinski definition) is 5. The summed E-state index contributed by atoms with van der Waals surface area (Å²) in [6, 6.07) is 13.2. The van der Waals surface area contributed by atoms with Gasteiger partial charge in [-0.1, -0.05) is 23.7 Å². The lowest BCUT2D eigenvalue weighted by atomic mass is 10.1. The highest BCUT2D eigenvalue weighted by Gasteiger charge is 2.15. The number of halogens is 2. The van der Waals surface area contributed by atoms with Crippen molar-refractivity contribution in [2.45, 2.75) is 19.5 Å². The number of rotatable bonds is 6. The van der Waals surface area contributed by atoms with E-state index in [0.29, 0.717) is 23.5 Å². The molecule has 0 fully saturated rings. The second kappa shape index (κ2) is 9.59. The van der Waals surface area contributed by atoms with E-state index < -0.39 is 5.82 Å². The molecule has 1 aromatic carbocycles. The molecule has 9 heteroatoms. The Hall–Kier alpha value is -4.09. The Morgan fingerprint density at radius 1 is 1.21 bits per heavy atom. The maximum Gasteiger partial charge on any atom is 0.270 e. The van der Waals surface area contributed by atoms with Gasteiger partial charge in [-0.2, -0.15) is 10.4 Å². The summed E-state index contributed by atoms with van der Waals surface area (Å²) < 4.78 is 15.7. The van der Waals surface area contributed by atoms with E-state index in [1.54, 1.807) is 47.7 Å². The minimum Gasteiger partial charge on any atom is -0.346 e. The van der Waals surface area contributed by atoms with Crippen molar-refractivity contribution in [3.8, 4) is 28.5 Å². The molecule has 0 radical (unpaired) electrons. The predicted molar refractivity (Wildman–Crippen MR) is 122 cm³/mol. The Labute approximate surface area is 194 Å². The van der Waals surface area contributed by atoms with Crippen LogP contribution in [0.25, 0.3) is 22.4 Å². The molecule has 0 saturated carbocycles. The number of aromatic nitrogens is 4. The zero-order chi connectivity index (χ0) is 23.4. The van der Waals surface area contributed by atoms with E-state index in [2.05, 4.69) is 20.4 Å². The lowest BCUT2D eigenvalue weighted by molar-refractivity contribution is 0.0931. The van der Waals surface area contributed by atoms with Gasteiger partial charge in [-0.05, 0) is 37.3 Å². The van der Waals surface area contributed by atoms with Crippen molar-refractivity contribution in [2.24, 2.45) is 0 Å². The number of nitrogens with zero attached hydrogens (tertiary/aromatic N) is 5. The average Bonchev–Trinajstić information content (AvgIpc) is 3.28. The van der Waals surface area contributed by atoms with Gasteiger partial charge < -0.3 is 5.32 Å². The molecule has 4 rings (SSSR count). The molecule has 0 aliphatic carbocycles. The van der Waals surface area contributed by atoms with Crippen molar-refractivity contribution < 1.29 is 9.18 Å². The molecule has 0 bridgehead atoms. The second-order valence-corrected chi connectivity index (χ2v) is 7.81. The molecule has 0 spiro atoms. The number of hydrogen-bond donors (Lipinski definition) is 1. The van der Waals surface area contributed by atoms with Gasteiger partial charge >= 0.3 is 0 Å². The van der Waals surface area contributed by atoms with Crippen molar-refractivity contribution in [1.29, 1.82) is 5.26 Å². The first-order chi connectivity index (χ1) is 15.9. The van der Waals surface area contributed by atoms with Gasteiger partial charge in [-0.3, -0.25) is 19.4 Å². The van der Waals surface area contributed by atoms with Crippen molar-refractivity contribution in [3.63, 3.8) is 0 Å². The van der Waals surface area contributed by atoms with Crippen LogP contribution in [0.4, 0.5) is 4.39 Å². The highest BCUT2D eigenvalue weighted by Crippen LogP contribution is 2.26. The van der Waals surface area contributed by atoms with Crippen LogP contribution in [0.15, 0.2) is 67.3 Å². The van der Waals surface area contributed by atoms with Crippen LogP contribution in [0.2, 0.25) is 5.02 Å². The Bertz CT molecular complexity index is 1310. The Morgan fingerprint density at radius 3 is 2.70 bits per heavy atom. The van der Waals surface area contributed by atoms with Gasteiger partial charge in [0.1, 0.15) is 23.1 Å². The van der Waals surface area contributed by atoms with Gasteiger partial charge in [-0.25, -0.2) is 4.39 Å². The van der Waals surface area contributed by atoms with Gasteiger partial charge in [0.2, 0.25) is 0 Å². The third-order valence-corrected chi connectivity index (χ3v) is 5.22. The minimum atomic E-state index is -0.697. The highest BCUT2D eigenvalue weighted by atomic mass is 35.5. The van der Waals surface area contributed by atoms with E-state index in [-0.39, 0.29) is 22.5 Å². The van der Waals surface area contributed by atoms with Crippen LogP contribution >= 0.6 is 11.6 Å². The third kappa shape index (κ3) is 5.05. The lowest BCUT2D eigenvalue weighted by Crippen LogP contribution is -2.36. The molecule has 0 saturated heterocycles. The first kappa shape index (κ1) is 22.1. The number of amides is 1. The van der Waals surface area contributed by atoms with Gasteiger partial charge in [0.15, 0.2) is 0 Å². The Kier molecular flexibility index (Phi) is 6.43. The number of pyridine rings is 2. The van der Waals surface area contributed by atoms with Crippen LogP contribution in [0, 0.1) is 17.1 Å². The maximum absolute atomic E-state index is 14.0. The largest absolute Gasteiger partial charge is 0.346 e. The summed E-state index contributed by atoms with van der Waals surface area (Å²) in [5.41, 5.74) is 2.87. The summed E-state index contributed by atoms with van der Waals surface area (Å²) in [5.74, 6) is -0.995. The van der Waals surface area contributed by atoms with Crippen molar-refractivity contribution in [3.05, 3.63) is 89.3 Å². The minimum absolute atomic E-state index is 0.0322. The molecule has 33 heavy (non-hydrogen) atoms. The van der Waals surface area contributed by atoms with E-state index in [1.165, 1.54) is 12.1 Å². The quantitative estimate of drug-likeness (QED) is 0.457. The van der Waals surface area contributed by atoms with Crippen molar-refractivity contribution >= 4 is 17.5 Å². The fraction of sp³-hybridized carbons (Fsp3) is 0.125. The Balaban J connectivity index is 1.39. The summed E-state index contributed by atoms with van der Waals surface area (Å²) in [5, 5.41) is 16.3. The van der Waals surface area contributed by atoms with Crippen molar-refractivity contribution in [2.75, 3.05) is 0 Å². The second-order valence-electron chi connectivity index (χ2n) is 7.40. The van der Waals surface area contributed by atoms with Crippen LogP contribution in [0.1, 0.15) is 23.0 Å². The topological polar surface area (TPSA) is 96.5 Å². The standard InChI is InChI=1S/C24H18ClFN6O/c1-15(30-24(33)23-5-4-17(13-29-23)16-3-2-7-28-12-16)14-32-8-6-22(31-32)18-9-20(25)19(11-27)21(26)10-18/h2-10,12-13,15H,14H2,1H3,(H,30,33). The molecular weight excluding hydrogens is 443 g/mol. The average molecular weight is 461 g/mol. The van der Waals surface area contributed by atoms with Gasteiger partial charge in [0, 0.05) is 47.5 Å². The monoisotopic (exact) mass is 460 g/mol. The molecule has 1 N–H and O–H groups in total. The molecule has 1 atom stereocenters. The summed E-state index contributed by atoms with van der Waals surface area (Å²) >= 11 is 5.98. The molecule has 0 aliphatic heterocycles. The summed E-state index contributed by atoms with van der Waals surface area (Å²) in [7, 11) is 0. The molecule has 7 nitrogen and oxygen atoms in total. The van der Waals surface area contributed by atoms with Crippen molar-refractivity contribution in [1.82, 2.24) is 25.1 Å². The number of nitriles is 1. The van der Waals surface area contributed by atoms with Gasteiger partial charge in [0.05, 0.1) is 17.3 Å². The van der Waals surface area contributed by atoms with Crippen LogP contribution in [-0.4, -0.2) is 31.7 Å². The zero-order valence-electron chi connectivity index (χ0n) is 17.5. The summed E-state index contributed by atoms with van der Waals surface area (Å²) in [6.07, 6.45) is 6.79. The van der Waals surface area contributed by atoms with Crippen LogP contribution in [-0.2, 0) is 6.54 Å². The van der Waals surface area contributed by atoms with Crippen LogP contribution in [0.5, 0.6) is 0 Å². The van der Waals surface area contributed by atoms with Crippen LogP contribution in [0.3, 0.4) is 0 Å². The normalized spacial score (nSPS) is 11.6. The first-order valence-electron chi connectivity index (χ1n) is 10.0. The molecule has 0 aliphatic rings. The number of carbonyl (C=O) groups is 1. The third-order valence-electron chi connectivity index (χ3n) is 4.92. The lowest BCUT2D eigenvalue weighted by Gasteiger charge is -2.14. The summed E-state index contributed by atoms with van der Waals surface area (Å²) in [4.78, 5) is 20.9. The molecule has 164 valence electrons. The molecule has 3 heterocycles. The molecule has 3 aromatic heterocycles.